The van der Waals surface area contributed by atoms with E-state index in [9.17, 15) is 49.0 Å². The van der Waals surface area contributed by atoms with E-state index >= 15 is 0 Å². The third-order valence-corrected chi connectivity index (χ3v) is 9.46. The second-order valence-corrected chi connectivity index (χ2v) is 17.4. The molecule has 0 atom stereocenters. The number of esters is 4. The van der Waals surface area contributed by atoms with Crippen molar-refractivity contribution in [1.82, 2.24) is 0 Å². The molecular formula is C45H63N3O21. The number of ether oxygens (including phenoxy) is 8. The largest absolute Gasteiger partial charge is 0.479 e. The number of ketones is 1. The Balaban J connectivity index is 0.000000405. The van der Waals surface area contributed by atoms with Crippen LogP contribution in [0.1, 0.15) is 120 Å². The molecule has 2 aromatic carbocycles. The van der Waals surface area contributed by atoms with Crippen LogP contribution in [0.5, 0.6) is 11.5 Å². The van der Waals surface area contributed by atoms with E-state index in [-0.39, 0.29) is 66.4 Å². The lowest BCUT2D eigenvalue weighted by Crippen LogP contribution is -2.54. The molecule has 4 rings (SSSR count). The lowest BCUT2D eigenvalue weighted by atomic mass is 9.86. The molecule has 0 spiro atoms. The molecular weight excluding hydrogens is 918 g/mol. The first-order chi connectivity index (χ1) is 32.3. The lowest BCUT2D eigenvalue weighted by Gasteiger charge is -2.41. The maximum Gasteiger partial charge on any atom is 0.342 e. The van der Waals surface area contributed by atoms with Crippen molar-refractivity contribution < 1.29 is 91.6 Å². The van der Waals surface area contributed by atoms with Crippen LogP contribution < -0.4 is 15.2 Å². The number of hydrogen-bond acceptors (Lipinski definition) is 21. The normalized spacial score (nSPS) is 16.0. The molecule has 2 saturated heterocycles. The van der Waals surface area contributed by atoms with E-state index in [4.69, 9.17) is 44.0 Å². The number of unbranched alkanes of at least 4 members (excludes halogenated alkanes) is 4. The Morgan fingerprint density at radius 2 is 1.00 bits per heavy atom. The molecule has 384 valence electrons. The van der Waals surface area contributed by atoms with Crippen LogP contribution in [0.3, 0.4) is 0 Å². The minimum Gasteiger partial charge on any atom is -0.479 e. The highest BCUT2D eigenvalue weighted by Gasteiger charge is 2.38. The Bertz CT molecular complexity index is 2000. The molecule has 0 aromatic heterocycles. The minimum absolute atomic E-state index is 0.0281. The fourth-order valence-electron chi connectivity index (χ4n) is 5.77. The van der Waals surface area contributed by atoms with Crippen LogP contribution >= 0.6 is 0 Å². The van der Waals surface area contributed by atoms with Gasteiger partial charge in [-0.2, -0.15) is 0 Å². The summed E-state index contributed by atoms with van der Waals surface area (Å²) in [5.74, 6) is -5.56. The lowest BCUT2D eigenvalue weighted by molar-refractivity contribution is -0.757. The van der Waals surface area contributed by atoms with Gasteiger partial charge in [0.1, 0.15) is 29.2 Å². The van der Waals surface area contributed by atoms with Crippen molar-refractivity contribution in [2.75, 3.05) is 52.9 Å². The fraction of sp³-hybridized carbons (Fsp3) is 0.600. The van der Waals surface area contributed by atoms with E-state index in [1.807, 2.05) is 27.7 Å². The first-order valence-corrected chi connectivity index (χ1v) is 21.9. The summed E-state index contributed by atoms with van der Waals surface area (Å²) >= 11 is 0. The van der Waals surface area contributed by atoms with E-state index in [1.165, 1.54) is 30.3 Å². The number of rotatable bonds is 24. The summed E-state index contributed by atoms with van der Waals surface area (Å²) in [5, 5.41) is 26.8. The van der Waals surface area contributed by atoms with Crippen LogP contribution in [-0.4, -0.2) is 121 Å². The Hall–Kier alpha value is -6.34. The molecule has 2 heterocycles. The van der Waals surface area contributed by atoms with Gasteiger partial charge >= 0.3 is 29.8 Å². The van der Waals surface area contributed by atoms with Crippen LogP contribution in [-0.2, 0) is 57.3 Å². The van der Waals surface area contributed by atoms with E-state index in [0.29, 0.717) is 65.0 Å². The zero-order valence-corrected chi connectivity index (χ0v) is 39.7. The maximum absolute atomic E-state index is 12.5. The smallest absolute Gasteiger partial charge is 0.342 e. The van der Waals surface area contributed by atoms with Crippen molar-refractivity contribution >= 4 is 35.6 Å². The number of aliphatic carboxylic acids is 1. The van der Waals surface area contributed by atoms with Gasteiger partial charge in [-0.25, -0.2) is 14.4 Å². The average Bonchev–Trinajstić information content (AvgIpc) is 3.27. The number of hydrogen-bond donors (Lipinski definition) is 2. The first-order valence-electron chi connectivity index (χ1n) is 21.9. The van der Waals surface area contributed by atoms with Crippen LogP contribution in [0.25, 0.3) is 0 Å². The van der Waals surface area contributed by atoms with Crippen molar-refractivity contribution in [3.05, 3.63) is 79.9 Å². The molecule has 24 nitrogen and oxygen atoms in total. The summed E-state index contributed by atoms with van der Waals surface area (Å²) in [5.41, 5.74) is 4.90. The standard InChI is InChI=1S/C23H31NO10.C15H17NO9.C7H15NO2/c1-22(2)31-15-23(3,16-32-22)13-17(25)14-30-21(27)18-9-6-7-10-19(18)34-20(26)11-5-4-8-12-33-24(28)29;17-13(18)10-23-15(20)11-6-3-4-7-12(11)25-14(19)8-2-1-5-9-24-16(21)22;1-6(2)9-4-7(3,8)5-10-6/h6-7,9-10H,4-5,8,11-16H2,1-3H3;3-4,6-7H,1-2,5,8-10H2,(H,17,18);4-5,8H2,1-3H3. The molecule has 0 radical (unpaired) electrons. The van der Waals surface area contributed by atoms with Crippen LogP contribution in [0.15, 0.2) is 48.5 Å². The number of nitrogens with zero attached hydrogens (tertiary/aromatic N) is 2. The summed E-state index contributed by atoms with van der Waals surface area (Å²) in [6, 6.07) is 11.9. The van der Waals surface area contributed by atoms with E-state index in [1.54, 1.807) is 32.0 Å². The quantitative estimate of drug-likeness (QED) is 0.0440. The zero-order valence-electron chi connectivity index (χ0n) is 39.7. The fourth-order valence-corrected chi connectivity index (χ4v) is 5.77. The molecule has 0 aliphatic carbocycles. The summed E-state index contributed by atoms with van der Waals surface area (Å²) in [7, 11) is 0. The summed E-state index contributed by atoms with van der Waals surface area (Å²) < 4.78 is 42.0. The molecule has 0 bridgehead atoms. The van der Waals surface area contributed by atoms with E-state index < -0.39 is 70.2 Å². The Morgan fingerprint density at radius 3 is 1.39 bits per heavy atom. The molecule has 0 amide bonds. The second kappa shape index (κ2) is 28.9. The van der Waals surface area contributed by atoms with Crippen molar-refractivity contribution in [3.63, 3.8) is 0 Å². The van der Waals surface area contributed by atoms with Gasteiger partial charge in [0, 0.05) is 24.7 Å². The van der Waals surface area contributed by atoms with E-state index in [2.05, 4.69) is 14.4 Å². The first kappa shape index (κ1) is 58.8. The molecule has 69 heavy (non-hydrogen) atoms. The number of Topliss-reactive ketones (excluding diaryl/α,β-unsaturated/α-hetero) is 1. The maximum atomic E-state index is 12.5. The van der Waals surface area contributed by atoms with Crippen LogP contribution in [0.2, 0.25) is 0 Å². The average molecular weight is 982 g/mol. The molecule has 24 heteroatoms. The highest BCUT2D eigenvalue weighted by atomic mass is 17.0. The van der Waals surface area contributed by atoms with Gasteiger partial charge in [-0.05, 0) is 84.6 Å². The monoisotopic (exact) mass is 981 g/mol. The highest BCUT2D eigenvalue weighted by Crippen LogP contribution is 2.32. The van der Waals surface area contributed by atoms with Gasteiger partial charge in [0.25, 0.3) is 10.2 Å². The van der Waals surface area contributed by atoms with Crippen LogP contribution in [0, 0.1) is 25.6 Å². The Labute approximate surface area is 398 Å². The topological polar surface area (TPSA) is 327 Å². The highest BCUT2D eigenvalue weighted by molar-refractivity contribution is 5.95. The summed E-state index contributed by atoms with van der Waals surface area (Å²) in [6.07, 6.45) is 3.06. The second-order valence-electron chi connectivity index (χ2n) is 17.4. The Morgan fingerprint density at radius 1 is 0.609 bits per heavy atom. The summed E-state index contributed by atoms with van der Waals surface area (Å²) in [6.45, 7) is 11.7. The van der Waals surface area contributed by atoms with Gasteiger partial charge in [0.2, 0.25) is 0 Å². The number of benzene rings is 2. The minimum atomic E-state index is -1.30. The van der Waals surface area contributed by atoms with Crippen molar-refractivity contribution in [2.45, 2.75) is 116 Å². The molecule has 2 aliphatic heterocycles. The van der Waals surface area contributed by atoms with Crippen molar-refractivity contribution in [3.8, 4) is 11.5 Å². The van der Waals surface area contributed by atoms with Gasteiger partial charge in [-0.15, -0.1) is 20.2 Å². The number of carboxylic acids is 1. The number of nitrogens with two attached hydrogens (primary N) is 1. The molecule has 2 aromatic rings. The van der Waals surface area contributed by atoms with Gasteiger partial charge in [0.15, 0.2) is 24.0 Å². The number of para-hydroxylation sites is 2. The predicted molar refractivity (Wildman–Crippen MR) is 237 cm³/mol. The SMILES string of the molecule is CC1(CC(=O)COC(=O)c2ccccc2OC(=O)CCCCCO[N+](=O)[O-])COC(C)(C)OC1.CC1(N)COC(C)(C)OC1.O=C(O)COC(=O)c1ccccc1OC(=O)CCCCCO[N+](=O)[O-]. The van der Waals surface area contributed by atoms with Gasteiger partial charge in [0.05, 0.1) is 45.2 Å². The van der Waals surface area contributed by atoms with Crippen LogP contribution in [0.4, 0.5) is 0 Å². The van der Waals surface area contributed by atoms with Gasteiger partial charge in [-0.1, -0.05) is 44.0 Å². The number of carbonyl (C=O) groups is 6. The Kier molecular flexibility index (Phi) is 24.6. The van der Waals surface area contributed by atoms with E-state index in [0.717, 1.165) is 0 Å². The number of carboxylic acid groups (broad SMARTS) is 1. The molecule has 2 fully saturated rings. The van der Waals surface area contributed by atoms with Crippen molar-refractivity contribution in [2.24, 2.45) is 11.1 Å². The van der Waals surface area contributed by atoms with Gasteiger partial charge in [-0.3, -0.25) is 14.4 Å². The molecule has 2 aliphatic rings. The molecule has 3 N–H and O–H groups in total. The molecule has 0 unspecified atom stereocenters. The zero-order chi connectivity index (χ0) is 51.7. The third-order valence-electron chi connectivity index (χ3n) is 9.46. The van der Waals surface area contributed by atoms with Gasteiger partial charge < -0.3 is 58.4 Å². The van der Waals surface area contributed by atoms with Crippen molar-refractivity contribution in [1.29, 1.82) is 0 Å². The summed E-state index contributed by atoms with van der Waals surface area (Å²) in [4.78, 5) is 99.4. The molecule has 0 saturated carbocycles. The third kappa shape index (κ3) is 25.6. The number of carbonyl (C=O) groups excluding carboxylic acids is 5. The predicted octanol–water partition coefficient (Wildman–Crippen LogP) is 5.35.